The number of hydrogen-bond acceptors (Lipinski definition) is 3. The Bertz CT molecular complexity index is 250. The molecule has 0 saturated carbocycles. The van der Waals surface area contributed by atoms with Crippen molar-refractivity contribution in [1.29, 1.82) is 0 Å². The molecule has 0 heterocycles. The highest BCUT2D eigenvalue weighted by Gasteiger charge is 2.26. The molecule has 1 aromatic rings. The zero-order valence-corrected chi connectivity index (χ0v) is 7.73. The number of hydrogen-bond donors (Lipinski definition) is 2. The van der Waals surface area contributed by atoms with Gasteiger partial charge in [-0.25, -0.2) is 0 Å². The van der Waals surface area contributed by atoms with E-state index in [-0.39, 0.29) is 13.2 Å². The third-order valence-corrected chi connectivity index (χ3v) is 2.03. The van der Waals surface area contributed by atoms with E-state index in [1.54, 1.807) is 7.11 Å². The van der Waals surface area contributed by atoms with Crippen molar-refractivity contribution in [3.05, 3.63) is 35.9 Å². The summed E-state index contributed by atoms with van der Waals surface area (Å²) in [4.78, 5) is 0. The summed E-state index contributed by atoms with van der Waals surface area (Å²) in [5, 5.41) is 10.0. The predicted molar refractivity (Wildman–Crippen MR) is 51.3 cm³/mol. The van der Waals surface area contributed by atoms with Crippen LogP contribution in [0.1, 0.15) is 5.56 Å². The molecule has 13 heavy (non-hydrogen) atoms. The number of benzene rings is 1. The van der Waals surface area contributed by atoms with Gasteiger partial charge in [0, 0.05) is 13.7 Å². The van der Waals surface area contributed by atoms with Crippen LogP contribution >= 0.6 is 0 Å². The fourth-order valence-corrected chi connectivity index (χ4v) is 1.25. The highest BCUT2D eigenvalue weighted by molar-refractivity contribution is 5.22. The van der Waals surface area contributed by atoms with Crippen molar-refractivity contribution in [2.24, 2.45) is 5.73 Å². The first-order valence-corrected chi connectivity index (χ1v) is 4.20. The van der Waals surface area contributed by atoms with Crippen molar-refractivity contribution in [1.82, 2.24) is 0 Å². The Kier molecular flexibility index (Phi) is 3.42. The minimum atomic E-state index is -1.06. The Morgan fingerprint density at radius 1 is 1.38 bits per heavy atom. The summed E-state index contributed by atoms with van der Waals surface area (Å²) in [5.41, 5.74) is 5.23. The summed E-state index contributed by atoms with van der Waals surface area (Å²) in [5.74, 6) is 0. The molecule has 3 heteroatoms. The van der Waals surface area contributed by atoms with Crippen LogP contribution in [0.15, 0.2) is 30.3 Å². The van der Waals surface area contributed by atoms with E-state index in [1.165, 1.54) is 0 Å². The first kappa shape index (κ1) is 10.2. The van der Waals surface area contributed by atoms with E-state index in [1.807, 2.05) is 30.3 Å². The zero-order valence-electron chi connectivity index (χ0n) is 7.73. The summed E-state index contributed by atoms with van der Waals surface area (Å²) >= 11 is 0. The SMILES string of the molecule is COCC(O)(CN)c1ccccc1. The average molecular weight is 181 g/mol. The lowest BCUT2D eigenvalue weighted by Gasteiger charge is -2.25. The van der Waals surface area contributed by atoms with Gasteiger partial charge in [0.15, 0.2) is 0 Å². The Balaban J connectivity index is 2.89. The van der Waals surface area contributed by atoms with Crippen LogP contribution in [0.3, 0.4) is 0 Å². The van der Waals surface area contributed by atoms with Crippen molar-refractivity contribution in [3.8, 4) is 0 Å². The van der Waals surface area contributed by atoms with Crippen molar-refractivity contribution in [2.75, 3.05) is 20.3 Å². The molecule has 1 atom stereocenters. The molecule has 0 radical (unpaired) electrons. The van der Waals surface area contributed by atoms with Crippen LogP contribution in [0.25, 0.3) is 0 Å². The largest absolute Gasteiger partial charge is 0.381 e. The van der Waals surface area contributed by atoms with Crippen molar-refractivity contribution in [3.63, 3.8) is 0 Å². The van der Waals surface area contributed by atoms with Gasteiger partial charge in [-0.3, -0.25) is 0 Å². The number of methoxy groups -OCH3 is 1. The van der Waals surface area contributed by atoms with Crippen LogP contribution in [-0.4, -0.2) is 25.4 Å². The molecule has 1 unspecified atom stereocenters. The van der Waals surface area contributed by atoms with Crippen LogP contribution < -0.4 is 5.73 Å². The smallest absolute Gasteiger partial charge is 0.125 e. The third-order valence-electron chi connectivity index (χ3n) is 2.03. The van der Waals surface area contributed by atoms with E-state index in [4.69, 9.17) is 10.5 Å². The number of rotatable bonds is 4. The standard InChI is InChI=1S/C10H15NO2/c1-13-8-10(12,7-11)9-5-3-2-4-6-9/h2-6,12H,7-8,11H2,1H3. The molecular formula is C10H15NO2. The van der Waals surface area contributed by atoms with E-state index >= 15 is 0 Å². The molecule has 0 bridgehead atoms. The molecule has 0 aliphatic carbocycles. The van der Waals surface area contributed by atoms with Gasteiger partial charge in [-0.15, -0.1) is 0 Å². The maximum Gasteiger partial charge on any atom is 0.125 e. The Morgan fingerprint density at radius 2 is 2.00 bits per heavy atom. The molecule has 0 aliphatic heterocycles. The second-order valence-corrected chi connectivity index (χ2v) is 3.03. The van der Waals surface area contributed by atoms with Crippen LogP contribution in [0.5, 0.6) is 0 Å². The maximum atomic E-state index is 10.0. The molecule has 0 amide bonds. The van der Waals surface area contributed by atoms with Gasteiger partial charge < -0.3 is 15.6 Å². The van der Waals surface area contributed by atoms with E-state index in [0.717, 1.165) is 5.56 Å². The van der Waals surface area contributed by atoms with Gasteiger partial charge in [-0.05, 0) is 5.56 Å². The molecule has 1 aromatic carbocycles. The van der Waals surface area contributed by atoms with Crippen molar-refractivity contribution in [2.45, 2.75) is 5.60 Å². The average Bonchev–Trinajstić information content (AvgIpc) is 2.19. The predicted octanol–water partition coefficient (Wildman–Crippen LogP) is 0.479. The summed E-state index contributed by atoms with van der Waals surface area (Å²) in [6.07, 6.45) is 0. The van der Waals surface area contributed by atoms with Gasteiger partial charge >= 0.3 is 0 Å². The maximum absolute atomic E-state index is 10.0. The van der Waals surface area contributed by atoms with Gasteiger partial charge in [0.05, 0.1) is 6.61 Å². The zero-order chi connectivity index (χ0) is 9.73. The van der Waals surface area contributed by atoms with Crippen LogP contribution in [0, 0.1) is 0 Å². The summed E-state index contributed by atoms with van der Waals surface area (Å²) < 4.78 is 4.92. The molecule has 0 spiro atoms. The minimum absolute atomic E-state index is 0.158. The third kappa shape index (κ3) is 2.28. The lowest BCUT2D eigenvalue weighted by atomic mass is 9.95. The van der Waals surface area contributed by atoms with Gasteiger partial charge in [0.25, 0.3) is 0 Å². The fourth-order valence-electron chi connectivity index (χ4n) is 1.25. The molecule has 0 fully saturated rings. The van der Waals surface area contributed by atoms with Crippen LogP contribution in [0.2, 0.25) is 0 Å². The van der Waals surface area contributed by atoms with Crippen molar-refractivity contribution < 1.29 is 9.84 Å². The van der Waals surface area contributed by atoms with E-state index in [0.29, 0.717) is 0 Å². The van der Waals surface area contributed by atoms with E-state index < -0.39 is 5.60 Å². The van der Waals surface area contributed by atoms with E-state index in [2.05, 4.69) is 0 Å². The molecule has 3 N–H and O–H groups in total. The van der Waals surface area contributed by atoms with E-state index in [9.17, 15) is 5.11 Å². The fraction of sp³-hybridized carbons (Fsp3) is 0.400. The monoisotopic (exact) mass is 181 g/mol. The minimum Gasteiger partial charge on any atom is -0.381 e. The number of aliphatic hydroxyl groups is 1. The molecular weight excluding hydrogens is 166 g/mol. The summed E-state index contributed by atoms with van der Waals surface area (Å²) in [6, 6.07) is 9.31. The Hall–Kier alpha value is -0.900. The Morgan fingerprint density at radius 3 is 2.46 bits per heavy atom. The molecule has 3 nitrogen and oxygen atoms in total. The van der Waals surface area contributed by atoms with Gasteiger partial charge in [0.2, 0.25) is 0 Å². The van der Waals surface area contributed by atoms with Gasteiger partial charge in [-0.2, -0.15) is 0 Å². The molecule has 1 rings (SSSR count). The van der Waals surface area contributed by atoms with Crippen LogP contribution in [0.4, 0.5) is 0 Å². The molecule has 0 aromatic heterocycles. The second kappa shape index (κ2) is 4.37. The quantitative estimate of drug-likeness (QED) is 0.710. The highest BCUT2D eigenvalue weighted by atomic mass is 16.5. The highest BCUT2D eigenvalue weighted by Crippen LogP contribution is 2.19. The first-order valence-electron chi connectivity index (χ1n) is 4.20. The summed E-state index contributed by atoms with van der Waals surface area (Å²) in [6.45, 7) is 0.373. The summed E-state index contributed by atoms with van der Waals surface area (Å²) in [7, 11) is 1.55. The lowest BCUT2D eigenvalue weighted by Crippen LogP contribution is -2.39. The van der Waals surface area contributed by atoms with Crippen molar-refractivity contribution >= 4 is 0 Å². The lowest BCUT2D eigenvalue weighted by molar-refractivity contribution is -0.0284. The Labute approximate surface area is 78.1 Å². The number of ether oxygens (including phenoxy) is 1. The first-order chi connectivity index (χ1) is 6.23. The number of nitrogens with two attached hydrogens (primary N) is 1. The second-order valence-electron chi connectivity index (χ2n) is 3.03. The van der Waals surface area contributed by atoms with Gasteiger partial charge in [-0.1, -0.05) is 30.3 Å². The molecule has 0 aliphatic rings. The normalized spacial score (nSPS) is 15.3. The van der Waals surface area contributed by atoms with Gasteiger partial charge in [0.1, 0.15) is 5.60 Å². The van der Waals surface area contributed by atoms with Crippen LogP contribution in [-0.2, 0) is 10.3 Å². The molecule has 0 saturated heterocycles. The topological polar surface area (TPSA) is 55.5 Å². The molecule has 72 valence electrons.